The van der Waals surface area contributed by atoms with E-state index in [0.717, 1.165) is 5.56 Å². The van der Waals surface area contributed by atoms with Crippen LogP contribution >= 0.6 is 0 Å². The molecule has 0 atom stereocenters. The highest BCUT2D eigenvalue weighted by molar-refractivity contribution is 6.14. The molecule has 1 aliphatic rings. The van der Waals surface area contributed by atoms with Crippen LogP contribution in [0.1, 0.15) is 11.1 Å². The lowest BCUT2D eigenvalue weighted by atomic mass is 9.97. The summed E-state index contributed by atoms with van der Waals surface area (Å²) in [7, 11) is 4.63. The number of benzene rings is 2. The van der Waals surface area contributed by atoms with E-state index >= 15 is 0 Å². The van der Waals surface area contributed by atoms with Gasteiger partial charge in [0.1, 0.15) is 11.5 Å². The minimum atomic E-state index is -0.0978. The van der Waals surface area contributed by atoms with E-state index in [1.807, 2.05) is 6.07 Å². The molecule has 6 heteroatoms. The van der Waals surface area contributed by atoms with Gasteiger partial charge in [-0.2, -0.15) is 0 Å². The number of hydrogen-bond acceptors (Lipinski definition) is 6. The second kappa shape index (κ2) is 8.63. The molecule has 1 saturated heterocycles. The van der Waals surface area contributed by atoms with Crippen LogP contribution in [-0.4, -0.2) is 45.4 Å². The molecule has 1 fully saturated rings. The fraction of sp³-hybridized carbons (Fsp3) is 0.227. The predicted octanol–water partition coefficient (Wildman–Crippen LogP) is 3.48. The van der Waals surface area contributed by atoms with Crippen molar-refractivity contribution >= 4 is 17.9 Å². The van der Waals surface area contributed by atoms with Crippen LogP contribution in [0.15, 0.2) is 47.5 Å². The van der Waals surface area contributed by atoms with Crippen molar-refractivity contribution in [2.45, 2.75) is 0 Å². The molecule has 0 aliphatic carbocycles. The van der Waals surface area contributed by atoms with Gasteiger partial charge in [0, 0.05) is 22.8 Å². The first-order valence-electron chi connectivity index (χ1n) is 8.68. The van der Waals surface area contributed by atoms with Gasteiger partial charge in [-0.3, -0.25) is 4.79 Å². The zero-order valence-corrected chi connectivity index (χ0v) is 16.0. The summed E-state index contributed by atoms with van der Waals surface area (Å²) in [5.74, 6) is 1.57. The highest BCUT2D eigenvalue weighted by Crippen LogP contribution is 2.30. The van der Waals surface area contributed by atoms with Gasteiger partial charge in [0.05, 0.1) is 34.5 Å². The Balaban J connectivity index is 1.90. The van der Waals surface area contributed by atoms with Crippen molar-refractivity contribution in [3.63, 3.8) is 0 Å². The summed E-state index contributed by atoms with van der Waals surface area (Å²) < 4.78 is 21.2. The Morgan fingerprint density at radius 2 is 1.61 bits per heavy atom. The van der Waals surface area contributed by atoms with E-state index < -0.39 is 0 Å². The van der Waals surface area contributed by atoms with E-state index in [9.17, 15) is 9.90 Å². The first kappa shape index (κ1) is 19.5. The number of Topliss-reactive ketones (excluding diaryl/α,β-unsaturated/α-hetero) is 1. The Hall–Kier alpha value is -3.25. The summed E-state index contributed by atoms with van der Waals surface area (Å²) in [5, 5.41) is 9.93. The van der Waals surface area contributed by atoms with Crippen LogP contribution in [0.4, 0.5) is 0 Å². The fourth-order valence-electron chi connectivity index (χ4n) is 2.95. The number of rotatable bonds is 5. The van der Waals surface area contributed by atoms with Crippen LogP contribution in [0.5, 0.6) is 23.0 Å². The smallest absolute Gasteiger partial charge is 0.189 e. The topological polar surface area (TPSA) is 74.2 Å². The molecule has 28 heavy (non-hydrogen) atoms. The number of aromatic hydroxyl groups is 1. The molecule has 1 N–H and O–H groups in total. The molecule has 0 aromatic heterocycles. The quantitative estimate of drug-likeness (QED) is 0.798. The van der Waals surface area contributed by atoms with Crippen LogP contribution < -0.4 is 14.2 Å². The molecule has 0 unspecified atom stereocenters. The SMILES string of the molecule is COc1ccc(/C=C2\COC/C(=C\c3ccc(OC)c(O)c3)C2=O)c(OC)c1. The van der Waals surface area contributed by atoms with Crippen molar-refractivity contribution in [3.05, 3.63) is 58.7 Å². The summed E-state index contributed by atoms with van der Waals surface area (Å²) in [6.45, 7) is 0.432. The molecule has 0 saturated carbocycles. The molecule has 0 bridgehead atoms. The number of carbonyl (C=O) groups is 1. The average Bonchev–Trinajstić information content (AvgIpc) is 2.71. The van der Waals surface area contributed by atoms with Gasteiger partial charge in [0.25, 0.3) is 0 Å². The third-order valence-electron chi connectivity index (χ3n) is 4.41. The fourth-order valence-corrected chi connectivity index (χ4v) is 2.95. The minimum absolute atomic E-state index is 0.0137. The molecular weight excluding hydrogens is 360 g/mol. The minimum Gasteiger partial charge on any atom is -0.504 e. The largest absolute Gasteiger partial charge is 0.504 e. The van der Waals surface area contributed by atoms with E-state index in [0.29, 0.717) is 34.0 Å². The van der Waals surface area contributed by atoms with Crippen LogP contribution in [0.2, 0.25) is 0 Å². The maximum Gasteiger partial charge on any atom is 0.189 e. The summed E-state index contributed by atoms with van der Waals surface area (Å²) in [6, 6.07) is 10.4. The standard InChI is InChI=1S/C22H22O6/c1-25-18-6-5-15(21(11-18)27-3)10-17-13-28-12-16(22(17)24)8-14-4-7-20(26-2)19(23)9-14/h4-11,23H,12-13H2,1-3H3/b16-8+,17-10+. The van der Waals surface area contributed by atoms with Crippen LogP contribution in [-0.2, 0) is 9.53 Å². The average molecular weight is 382 g/mol. The number of carbonyl (C=O) groups excluding carboxylic acids is 1. The van der Waals surface area contributed by atoms with Crippen molar-refractivity contribution < 1.29 is 28.8 Å². The molecule has 146 valence electrons. The normalized spacial score (nSPS) is 17.0. The van der Waals surface area contributed by atoms with Crippen molar-refractivity contribution in [1.29, 1.82) is 0 Å². The number of methoxy groups -OCH3 is 3. The van der Waals surface area contributed by atoms with E-state index in [-0.39, 0.29) is 24.7 Å². The Morgan fingerprint density at radius 1 is 0.893 bits per heavy atom. The second-order valence-electron chi connectivity index (χ2n) is 6.20. The Kier molecular flexibility index (Phi) is 6.01. The molecule has 3 rings (SSSR count). The third-order valence-corrected chi connectivity index (χ3v) is 4.41. The van der Waals surface area contributed by atoms with Gasteiger partial charge in [-0.15, -0.1) is 0 Å². The Labute approximate surface area is 163 Å². The molecule has 1 aliphatic heterocycles. The lowest BCUT2D eigenvalue weighted by Crippen LogP contribution is -2.22. The lowest BCUT2D eigenvalue weighted by Gasteiger charge is -2.18. The summed E-state index contributed by atoms with van der Waals surface area (Å²) >= 11 is 0. The molecule has 0 spiro atoms. The zero-order valence-electron chi connectivity index (χ0n) is 16.0. The third kappa shape index (κ3) is 4.18. The first-order chi connectivity index (χ1) is 13.5. The predicted molar refractivity (Wildman–Crippen MR) is 106 cm³/mol. The molecule has 0 radical (unpaired) electrons. The van der Waals surface area contributed by atoms with Gasteiger partial charge < -0.3 is 24.1 Å². The molecule has 0 amide bonds. The molecular formula is C22H22O6. The van der Waals surface area contributed by atoms with E-state index in [1.165, 1.54) is 7.11 Å². The Morgan fingerprint density at radius 3 is 2.25 bits per heavy atom. The summed E-state index contributed by atoms with van der Waals surface area (Å²) in [4.78, 5) is 12.9. The first-order valence-corrected chi connectivity index (χ1v) is 8.68. The zero-order chi connectivity index (χ0) is 20.1. The van der Waals surface area contributed by atoms with Gasteiger partial charge in [0.2, 0.25) is 0 Å². The number of phenolic OH excluding ortho intramolecular Hbond substituents is 1. The monoisotopic (exact) mass is 382 g/mol. The lowest BCUT2D eigenvalue weighted by molar-refractivity contribution is -0.114. The second-order valence-corrected chi connectivity index (χ2v) is 6.20. The number of phenols is 1. The Bertz CT molecular complexity index is 942. The van der Waals surface area contributed by atoms with Gasteiger partial charge in [0.15, 0.2) is 17.3 Å². The van der Waals surface area contributed by atoms with E-state index in [2.05, 4.69) is 0 Å². The summed E-state index contributed by atoms with van der Waals surface area (Å²) in [5.41, 5.74) is 2.49. The maximum atomic E-state index is 12.9. The van der Waals surface area contributed by atoms with E-state index in [4.69, 9.17) is 18.9 Å². The van der Waals surface area contributed by atoms with E-state index in [1.54, 1.807) is 56.7 Å². The van der Waals surface area contributed by atoms with Crippen LogP contribution in [0.3, 0.4) is 0 Å². The molecule has 6 nitrogen and oxygen atoms in total. The summed E-state index contributed by atoms with van der Waals surface area (Å²) in [6.07, 6.45) is 3.47. The highest BCUT2D eigenvalue weighted by atomic mass is 16.5. The van der Waals surface area contributed by atoms with Crippen molar-refractivity contribution in [3.8, 4) is 23.0 Å². The maximum absolute atomic E-state index is 12.9. The van der Waals surface area contributed by atoms with Gasteiger partial charge in [-0.05, 0) is 42.0 Å². The van der Waals surface area contributed by atoms with Crippen molar-refractivity contribution in [2.24, 2.45) is 0 Å². The van der Waals surface area contributed by atoms with Crippen LogP contribution in [0.25, 0.3) is 12.2 Å². The van der Waals surface area contributed by atoms with Gasteiger partial charge in [-0.1, -0.05) is 6.07 Å². The number of ether oxygens (including phenoxy) is 4. The van der Waals surface area contributed by atoms with Gasteiger partial charge in [-0.25, -0.2) is 0 Å². The number of hydrogen-bond donors (Lipinski definition) is 1. The highest BCUT2D eigenvalue weighted by Gasteiger charge is 2.22. The van der Waals surface area contributed by atoms with Crippen molar-refractivity contribution in [2.75, 3.05) is 34.5 Å². The molecule has 2 aromatic carbocycles. The molecule has 1 heterocycles. The van der Waals surface area contributed by atoms with Crippen LogP contribution in [0, 0.1) is 0 Å². The van der Waals surface area contributed by atoms with Gasteiger partial charge >= 0.3 is 0 Å². The molecule has 2 aromatic rings. The van der Waals surface area contributed by atoms with Crippen molar-refractivity contribution in [1.82, 2.24) is 0 Å². The number of ketones is 1.